The smallest absolute Gasteiger partial charge is 0.206 e. The summed E-state index contributed by atoms with van der Waals surface area (Å²) in [6.07, 6.45) is 0. The van der Waals surface area contributed by atoms with E-state index in [9.17, 15) is 8.42 Å². The lowest BCUT2D eigenvalue weighted by atomic mass is 10.0. The van der Waals surface area contributed by atoms with Crippen LogP contribution in [0.25, 0.3) is 0 Å². The Morgan fingerprint density at radius 2 is 1.67 bits per heavy atom. The molecule has 0 aliphatic carbocycles. The third kappa shape index (κ3) is 5.23. The Bertz CT molecular complexity index is 402. The van der Waals surface area contributed by atoms with Crippen LogP contribution in [0.1, 0.15) is 20.8 Å². The second-order valence-corrected chi connectivity index (χ2v) is 8.72. The molecule has 0 atom stereocenters. The van der Waals surface area contributed by atoms with Crippen molar-refractivity contribution in [3.8, 4) is 0 Å². The molecule has 0 bridgehead atoms. The van der Waals surface area contributed by atoms with Crippen LogP contribution in [0.5, 0.6) is 0 Å². The van der Waals surface area contributed by atoms with E-state index in [0.717, 1.165) is 15.7 Å². The van der Waals surface area contributed by atoms with Gasteiger partial charge in [0.15, 0.2) is 0 Å². The van der Waals surface area contributed by atoms with Crippen molar-refractivity contribution in [1.82, 2.24) is 0 Å². The van der Waals surface area contributed by atoms with Crippen LogP contribution in [-0.2, 0) is 8.87 Å². The van der Waals surface area contributed by atoms with Crippen LogP contribution < -0.4 is 0 Å². The first-order valence-electron chi connectivity index (χ1n) is 4.76. The van der Waals surface area contributed by atoms with E-state index in [4.69, 9.17) is 0 Å². The molecule has 0 amide bonds. The van der Waals surface area contributed by atoms with E-state index in [1.165, 1.54) is 0 Å². The predicted octanol–water partition coefficient (Wildman–Crippen LogP) is 3.15. The van der Waals surface area contributed by atoms with Crippen molar-refractivity contribution in [2.45, 2.75) is 25.7 Å². The fourth-order valence-corrected chi connectivity index (χ4v) is 5.31. The molecule has 84 valence electrons. The minimum Gasteiger partial charge on any atom is -0.217 e. The van der Waals surface area contributed by atoms with Gasteiger partial charge in [0.05, 0.1) is 5.75 Å². The zero-order valence-electron chi connectivity index (χ0n) is 9.23. The average molecular weight is 244 g/mol. The largest absolute Gasteiger partial charge is 0.217 e. The summed E-state index contributed by atoms with van der Waals surface area (Å²) in [6, 6.07) is 9.18. The maximum atomic E-state index is 11.8. The topological polar surface area (TPSA) is 34.1 Å². The third-order valence-electron chi connectivity index (χ3n) is 1.58. The molecule has 1 aromatic rings. The maximum absolute atomic E-state index is 11.8. The van der Waals surface area contributed by atoms with E-state index in [-0.39, 0.29) is 11.2 Å². The lowest BCUT2D eigenvalue weighted by Gasteiger charge is -2.17. The molecule has 0 aliphatic rings. The molecule has 1 rings (SSSR count). The Kier molecular flexibility index (Phi) is 3.84. The van der Waals surface area contributed by atoms with Crippen LogP contribution in [0.4, 0.5) is 0 Å². The molecular weight excluding hydrogens is 228 g/mol. The van der Waals surface area contributed by atoms with E-state index >= 15 is 0 Å². The van der Waals surface area contributed by atoms with Gasteiger partial charge in [-0.2, -0.15) is 0 Å². The molecule has 0 aliphatic heterocycles. The van der Waals surface area contributed by atoms with Gasteiger partial charge in [-0.3, -0.25) is 0 Å². The molecule has 0 saturated heterocycles. The molecule has 1 aromatic carbocycles. The number of hydrogen-bond donors (Lipinski definition) is 0. The normalized spacial score (nSPS) is 12.7. The molecule has 2 nitrogen and oxygen atoms in total. The van der Waals surface area contributed by atoms with Crippen LogP contribution in [0.15, 0.2) is 35.2 Å². The van der Waals surface area contributed by atoms with E-state index in [1.807, 2.05) is 51.1 Å². The van der Waals surface area contributed by atoms with Gasteiger partial charge in [0.25, 0.3) is 0 Å². The van der Waals surface area contributed by atoms with Gasteiger partial charge in [0, 0.05) is 15.7 Å². The number of rotatable bonds is 3. The summed E-state index contributed by atoms with van der Waals surface area (Å²) >= 11 is 0. The fraction of sp³-hybridized carbons (Fsp3) is 0.455. The molecule has 0 heterocycles. The predicted molar refractivity (Wildman–Crippen MR) is 65.5 cm³/mol. The van der Waals surface area contributed by atoms with Crippen LogP contribution in [0.3, 0.4) is 0 Å². The molecule has 0 radical (unpaired) electrons. The Morgan fingerprint density at radius 1 is 1.13 bits per heavy atom. The SMILES string of the molecule is CC(C)(C)CS(=O)(=O)Sc1ccccc1. The molecule has 0 fully saturated rings. The van der Waals surface area contributed by atoms with Crippen molar-refractivity contribution >= 4 is 19.7 Å². The van der Waals surface area contributed by atoms with Gasteiger partial charge in [0.2, 0.25) is 8.87 Å². The van der Waals surface area contributed by atoms with Crippen molar-refractivity contribution in [3.05, 3.63) is 30.3 Å². The summed E-state index contributed by atoms with van der Waals surface area (Å²) in [4.78, 5) is 0.779. The number of benzene rings is 1. The van der Waals surface area contributed by atoms with Gasteiger partial charge in [-0.15, -0.1) is 0 Å². The van der Waals surface area contributed by atoms with E-state index in [2.05, 4.69) is 0 Å². The summed E-state index contributed by atoms with van der Waals surface area (Å²) in [5, 5.41) is 0. The highest BCUT2D eigenvalue weighted by Gasteiger charge is 2.22. The van der Waals surface area contributed by atoms with Crippen molar-refractivity contribution in [2.24, 2.45) is 5.41 Å². The molecule has 0 N–H and O–H groups in total. The number of hydrogen-bond acceptors (Lipinski definition) is 3. The molecular formula is C11H16O2S2. The lowest BCUT2D eigenvalue weighted by molar-refractivity contribution is 0.466. The van der Waals surface area contributed by atoms with E-state index in [1.54, 1.807) is 0 Å². The molecule has 4 heteroatoms. The molecule has 15 heavy (non-hydrogen) atoms. The summed E-state index contributed by atoms with van der Waals surface area (Å²) in [6.45, 7) is 5.78. The van der Waals surface area contributed by atoms with Crippen LogP contribution in [-0.4, -0.2) is 14.2 Å². The van der Waals surface area contributed by atoms with Crippen molar-refractivity contribution in [2.75, 3.05) is 5.75 Å². The molecule has 0 unspecified atom stereocenters. The second-order valence-electron chi connectivity index (χ2n) is 4.66. The maximum Gasteiger partial charge on any atom is 0.206 e. The average Bonchev–Trinajstić information content (AvgIpc) is 1.99. The van der Waals surface area contributed by atoms with Gasteiger partial charge < -0.3 is 0 Å². The molecule has 0 saturated carbocycles. The summed E-state index contributed by atoms with van der Waals surface area (Å²) in [5.41, 5.74) is -0.194. The van der Waals surface area contributed by atoms with Gasteiger partial charge in [-0.1, -0.05) is 39.0 Å². The minimum absolute atomic E-state index is 0.194. The Morgan fingerprint density at radius 3 is 2.13 bits per heavy atom. The van der Waals surface area contributed by atoms with Crippen molar-refractivity contribution in [1.29, 1.82) is 0 Å². The Hall–Kier alpha value is -0.480. The standard InChI is InChI=1S/C11H16O2S2/c1-11(2,3)9-15(12,13)14-10-7-5-4-6-8-10/h4-8H,9H2,1-3H3. The second kappa shape index (κ2) is 4.58. The van der Waals surface area contributed by atoms with Gasteiger partial charge in [-0.25, -0.2) is 8.42 Å². The zero-order chi connectivity index (χ0) is 11.5. The van der Waals surface area contributed by atoms with Crippen LogP contribution >= 0.6 is 10.8 Å². The highest BCUT2D eigenvalue weighted by atomic mass is 33.1. The van der Waals surface area contributed by atoms with Gasteiger partial charge in [0.1, 0.15) is 0 Å². The first-order valence-corrected chi connectivity index (χ1v) is 7.74. The summed E-state index contributed by atoms with van der Waals surface area (Å²) in [7, 11) is -2.13. The zero-order valence-corrected chi connectivity index (χ0v) is 10.9. The Labute approximate surface area is 95.4 Å². The first kappa shape index (κ1) is 12.6. The fourth-order valence-electron chi connectivity index (χ4n) is 1.18. The minimum atomic E-state index is -3.08. The van der Waals surface area contributed by atoms with E-state index in [0.29, 0.717) is 0 Å². The first-order chi connectivity index (χ1) is 6.79. The Balaban J connectivity index is 2.74. The van der Waals surface area contributed by atoms with Crippen LogP contribution in [0.2, 0.25) is 0 Å². The molecule has 0 aromatic heterocycles. The van der Waals surface area contributed by atoms with Crippen molar-refractivity contribution in [3.63, 3.8) is 0 Å². The lowest BCUT2D eigenvalue weighted by Crippen LogP contribution is -2.18. The van der Waals surface area contributed by atoms with Gasteiger partial charge in [-0.05, 0) is 17.5 Å². The third-order valence-corrected chi connectivity index (χ3v) is 5.21. The highest BCUT2D eigenvalue weighted by Crippen LogP contribution is 2.29. The highest BCUT2D eigenvalue weighted by molar-refractivity contribution is 8.72. The van der Waals surface area contributed by atoms with E-state index < -0.39 is 8.87 Å². The quantitative estimate of drug-likeness (QED) is 0.766. The molecule has 0 spiro atoms. The van der Waals surface area contributed by atoms with Crippen molar-refractivity contribution < 1.29 is 8.42 Å². The summed E-state index contributed by atoms with van der Waals surface area (Å²) < 4.78 is 23.6. The van der Waals surface area contributed by atoms with Gasteiger partial charge >= 0.3 is 0 Å². The monoisotopic (exact) mass is 244 g/mol. The summed E-state index contributed by atoms with van der Waals surface area (Å²) in [5.74, 6) is 0.194. The van der Waals surface area contributed by atoms with Crippen LogP contribution in [0, 0.1) is 5.41 Å².